The zero-order valence-electron chi connectivity index (χ0n) is 13.2. The minimum atomic E-state index is 0.597. The Balaban J connectivity index is 1.89. The summed E-state index contributed by atoms with van der Waals surface area (Å²) in [6.45, 7) is 0. The zero-order chi connectivity index (χ0) is 16.5. The van der Waals surface area contributed by atoms with Crippen LogP contribution in [0.2, 0.25) is 0 Å². The van der Waals surface area contributed by atoms with Crippen molar-refractivity contribution in [2.45, 2.75) is 0 Å². The molecule has 0 aliphatic carbocycles. The molecule has 0 aliphatic heterocycles. The maximum absolute atomic E-state index is 5.41. The minimum Gasteiger partial charge on any atom is -0.497 e. The van der Waals surface area contributed by atoms with E-state index in [4.69, 9.17) is 9.47 Å². The van der Waals surface area contributed by atoms with Gasteiger partial charge in [-0.2, -0.15) is 0 Å². The lowest BCUT2D eigenvalue weighted by molar-refractivity contribution is 0.405. The number of rotatable bonds is 4. The molecule has 2 aromatic heterocycles. The molecule has 0 unspecified atom stereocenters. The largest absolute Gasteiger partial charge is 0.497 e. The van der Waals surface area contributed by atoms with Crippen molar-refractivity contribution in [3.63, 3.8) is 0 Å². The highest BCUT2D eigenvalue weighted by molar-refractivity contribution is 5.92. The van der Waals surface area contributed by atoms with E-state index in [1.165, 1.54) is 0 Å². The molecule has 0 aliphatic rings. The fourth-order valence-electron chi connectivity index (χ4n) is 2.62. The summed E-state index contributed by atoms with van der Waals surface area (Å²) in [5.74, 6) is 2.01. The summed E-state index contributed by atoms with van der Waals surface area (Å²) in [7, 11) is 3.24. The van der Waals surface area contributed by atoms with E-state index < -0.39 is 0 Å². The molecular formula is C17H15N5O2. The monoisotopic (exact) mass is 321 g/mol. The van der Waals surface area contributed by atoms with E-state index in [-0.39, 0.29) is 0 Å². The van der Waals surface area contributed by atoms with E-state index >= 15 is 0 Å². The summed E-state index contributed by atoms with van der Waals surface area (Å²) in [5.41, 5.74) is 2.32. The lowest BCUT2D eigenvalue weighted by Gasteiger charge is -2.13. The number of methoxy groups -OCH3 is 2. The summed E-state index contributed by atoms with van der Waals surface area (Å²) >= 11 is 0. The van der Waals surface area contributed by atoms with Gasteiger partial charge in [-0.1, -0.05) is 12.1 Å². The van der Waals surface area contributed by atoms with E-state index in [2.05, 4.69) is 20.5 Å². The van der Waals surface area contributed by atoms with Crippen LogP contribution in [0.4, 0.5) is 11.6 Å². The van der Waals surface area contributed by atoms with Gasteiger partial charge in [-0.3, -0.25) is 4.40 Å². The van der Waals surface area contributed by atoms with Crippen LogP contribution in [0.1, 0.15) is 0 Å². The maximum Gasteiger partial charge on any atom is 0.215 e. The zero-order valence-corrected chi connectivity index (χ0v) is 13.2. The average Bonchev–Trinajstić information content (AvgIpc) is 3.12. The number of anilines is 2. The van der Waals surface area contributed by atoms with Gasteiger partial charge in [-0.25, -0.2) is 4.98 Å². The van der Waals surface area contributed by atoms with Crippen molar-refractivity contribution in [1.29, 1.82) is 0 Å². The second kappa shape index (κ2) is 5.69. The van der Waals surface area contributed by atoms with Crippen molar-refractivity contribution in [2.24, 2.45) is 0 Å². The fraction of sp³-hybridized carbons (Fsp3) is 0.118. The Bertz CT molecular complexity index is 1030. The third kappa shape index (κ3) is 2.26. The van der Waals surface area contributed by atoms with Gasteiger partial charge in [0.2, 0.25) is 5.95 Å². The normalized spacial score (nSPS) is 10.9. The number of fused-ring (bicyclic) bond motifs is 3. The molecule has 0 saturated carbocycles. The first-order chi connectivity index (χ1) is 11.8. The van der Waals surface area contributed by atoms with Gasteiger partial charge in [-0.15, -0.1) is 10.2 Å². The van der Waals surface area contributed by atoms with Gasteiger partial charge in [-0.05, 0) is 24.3 Å². The standard InChI is InChI=1S/C17H15N5O2/c1-23-11-7-8-15(24-2)14(9-11)20-17-19-13-6-4-3-5-12(13)16-21-18-10-22(16)17/h3-10H,1-2H3,(H,19,20). The van der Waals surface area contributed by atoms with Crippen LogP contribution in [0.15, 0.2) is 48.8 Å². The molecule has 4 rings (SSSR count). The van der Waals surface area contributed by atoms with E-state index in [0.29, 0.717) is 11.7 Å². The van der Waals surface area contributed by atoms with Gasteiger partial charge in [0.1, 0.15) is 17.8 Å². The Morgan fingerprint density at radius 1 is 1.04 bits per heavy atom. The number of para-hydroxylation sites is 1. The van der Waals surface area contributed by atoms with E-state index in [0.717, 1.165) is 28.0 Å². The topological polar surface area (TPSA) is 73.6 Å². The second-order valence-electron chi connectivity index (χ2n) is 5.17. The summed E-state index contributed by atoms with van der Waals surface area (Å²) in [5, 5.41) is 12.4. The molecular weight excluding hydrogens is 306 g/mol. The molecule has 24 heavy (non-hydrogen) atoms. The fourth-order valence-corrected chi connectivity index (χ4v) is 2.62. The highest BCUT2D eigenvalue weighted by atomic mass is 16.5. The molecule has 1 N–H and O–H groups in total. The Morgan fingerprint density at radius 3 is 2.75 bits per heavy atom. The molecule has 2 aromatic carbocycles. The molecule has 2 heterocycles. The predicted octanol–water partition coefficient (Wildman–Crippen LogP) is 3.04. The van der Waals surface area contributed by atoms with Crippen molar-refractivity contribution >= 4 is 28.2 Å². The van der Waals surface area contributed by atoms with E-state index in [1.54, 1.807) is 24.9 Å². The molecule has 0 saturated heterocycles. The Hall–Kier alpha value is -3.35. The van der Waals surface area contributed by atoms with Gasteiger partial charge in [0.15, 0.2) is 5.65 Å². The number of aromatic nitrogens is 4. The minimum absolute atomic E-state index is 0.597. The Morgan fingerprint density at radius 2 is 1.92 bits per heavy atom. The quantitative estimate of drug-likeness (QED) is 0.623. The van der Waals surface area contributed by atoms with Crippen molar-refractivity contribution < 1.29 is 9.47 Å². The van der Waals surface area contributed by atoms with E-state index in [1.807, 2.05) is 42.5 Å². The van der Waals surface area contributed by atoms with Crippen molar-refractivity contribution in [3.05, 3.63) is 48.8 Å². The van der Waals surface area contributed by atoms with Crippen LogP contribution in [-0.2, 0) is 0 Å². The van der Waals surface area contributed by atoms with Gasteiger partial charge < -0.3 is 14.8 Å². The first kappa shape index (κ1) is 14.3. The highest BCUT2D eigenvalue weighted by Crippen LogP contribution is 2.32. The number of ether oxygens (including phenoxy) is 2. The molecule has 120 valence electrons. The van der Waals surface area contributed by atoms with Gasteiger partial charge in [0.25, 0.3) is 0 Å². The van der Waals surface area contributed by atoms with Crippen LogP contribution in [0.25, 0.3) is 16.6 Å². The SMILES string of the molecule is COc1ccc(OC)c(Nc2nc3ccccc3c3nncn23)c1. The molecule has 0 amide bonds. The second-order valence-corrected chi connectivity index (χ2v) is 5.17. The summed E-state index contributed by atoms with van der Waals surface area (Å²) in [6, 6.07) is 13.3. The maximum atomic E-state index is 5.41. The van der Waals surface area contributed by atoms with Crippen LogP contribution < -0.4 is 14.8 Å². The number of nitrogens with one attached hydrogen (secondary N) is 1. The van der Waals surface area contributed by atoms with Crippen LogP contribution in [0.5, 0.6) is 11.5 Å². The van der Waals surface area contributed by atoms with Crippen LogP contribution in [0, 0.1) is 0 Å². The molecule has 0 fully saturated rings. The number of benzene rings is 2. The van der Waals surface area contributed by atoms with Gasteiger partial charge in [0.05, 0.1) is 25.4 Å². The molecule has 0 bridgehead atoms. The lowest BCUT2D eigenvalue weighted by Crippen LogP contribution is -2.03. The third-order valence-electron chi connectivity index (χ3n) is 3.80. The number of hydrogen-bond acceptors (Lipinski definition) is 6. The molecule has 7 heteroatoms. The third-order valence-corrected chi connectivity index (χ3v) is 3.80. The Kier molecular flexibility index (Phi) is 3.38. The summed E-state index contributed by atoms with van der Waals surface area (Å²) in [6.07, 6.45) is 1.63. The number of nitrogens with zero attached hydrogens (tertiary/aromatic N) is 4. The van der Waals surface area contributed by atoms with Gasteiger partial charge >= 0.3 is 0 Å². The van der Waals surface area contributed by atoms with Crippen LogP contribution >= 0.6 is 0 Å². The predicted molar refractivity (Wildman–Crippen MR) is 91.1 cm³/mol. The highest BCUT2D eigenvalue weighted by Gasteiger charge is 2.12. The number of hydrogen-bond donors (Lipinski definition) is 1. The smallest absolute Gasteiger partial charge is 0.215 e. The van der Waals surface area contributed by atoms with Crippen LogP contribution in [-0.4, -0.2) is 33.8 Å². The average molecular weight is 321 g/mol. The lowest BCUT2D eigenvalue weighted by atomic mass is 10.2. The first-order valence-corrected chi connectivity index (χ1v) is 7.37. The van der Waals surface area contributed by atoms with Crippen LogP contribution in [0.3, 0.4) is 0 Å². The molecule has 0 radical (unpaired) electrons. The van der Waals surface area contributed by atoms with Gasteiger partial charge in [0, 0.05) is 11.5 Å². The molecule has 7 nitrogen and oxygen atoms in total. The van der Waals surface area contributed by atoms with Crippen molar-refractivity contribution in [1.82, 2.24) is 19.6 Å². The molecule has 0 atom stereocenters. The Labute approximate surface area is 137 Å². The van der Waals surface area contributed by atoms with Crippen molar-refractivity contribution in [2.75, 3.05) is 19.5 Å². The molecule has 0 spiro atoms. The summed E-state index contributed by atoms with van der Waals surface area (Å²) < 4.78 is 12.5. The first-order valence-electron chi connectivity index (χ1n) is 7.37. The molecule has 4 aromatic rings. The van der Waals surface area contributed by atoms with E-state index in [9.17, 15) is 0 Å². The summed E-state index contributed by atoms with van der Waals surface area (Å²) in [4.78, 5) is 4.68. The van der Waals surface area contributed by atoms with Crippen molar-refractivity contribution in [3.8, 4) is 11.5 Å².